The Hall–Kier alpha value is -1.78. The zero-order chi connectivity index (χ0) is 19.9. The number of hydrogen-bond donors (Lipinski definition) is 2. The van der Waals surface area contributed by atoms with Gasteiger partial charge in [0.2, 0.25) is 0 Å². The highest BCUT2D eigenvalue weighted by molar-refractivity contribution is 7.10. The Bertz CT molecular complexity index is 849. The van der Waals surface area contributed by atoms with Gasteiger partial charge in [0, 0.05) is 24.4 Å². The molecule has 2 N–H and O–H groups in total. The number of rotatable bonds is 4. The summed E-state index contributed by atoms with van der Waals surface area (Å²) in [6.07, 6.45) is -3.10. The first-order valence-electron chi connectivity index (χ1n) is 8.89. The molecule has 11 heteroatoms. The van der Waals surface area contributed by atoms with Gasteiger partial charge in [0.05, 0.1) is 12.1 Å². The lowest BCUT2D eigenvalue weighted by atomic mass is 10.0. The van der Waals surface area contributed by atoms with Crippen LogP contribution in [0.5, 0.6) is 0 Å². The van der Waals surface area contributed by atoms with Gasteiger partial charge in [-0.15, -0.1) is 11.3 Å². The number of anilines is 1. The minimum absolute atomic E-state index is 0.0101. The van der Waals surface area contributed by atoms with E-state index in [9.17, 15) is 18.0 Å². The third-order valence-electron chi connectivity index (χ3n) is 4.91. The van der Waals surface area contributed by atoms with Crippen LogP contribution >= 0.6 is 22.9 Å². The van der Waals surface area contributed by atoms with Gasteiger partial charge in [-0.1, -0.05) is 17.7 Å². The third kappa shape index (κ3) is 3.72. The standard InChI is InChI=1S/C17H18ClF3N4O2S/c18-13-14(16(26)22-8-9-3-1-5-27-9)24-25-12(17(19,20)21)7-10(23-15(13)25)11-4-2-6-28-11/h2,4,6,9-10,12,23H,1,3,5,7-8H2,(H,22,26)/t9-,10+,12-/m0/s1. The molecule has 0 unspecified atom stereocenters. The first-order valence-corrected chi connectivity index (χ1v) is 10.1. The quantitative estimate of drug-likeness (QED) is 0.758. The van der Waals surface area contributed by atoms with Crippen LogP contribution in [0.4, 0.5) is 19.0 Å². The Morgan fingerprint density at radius 3 is 2.96 bits per heavy atom. The van der Waals surface area contributed by atoms with Gasteiger partial charge in [-0.05, 0) is 24.3 Å². The zero-order valence-corrected chi connectivity index (χ0v) is 16.2. The molecule has 2 aliphatic heterocycles. The van der Waals surface area contributed by atoms with E-state index in [4.69, 9.17) is 16.3 Å². The van der Waals surface area contributed by atoms with E-state index in [0.29, 0.717) is 6.61 Å². The van der Waals surface area contributed by atoms with E-state index in [0.717, 1.165) is 22.4 Å². The van der Waals surface area contributed by atoms with Crippen molar-refractivity contribution in [3.05, 3.63) is 33.1 Å². The molecule has 0 spiro atoms. The molecule has 0 saturated carbocycles. The van der Waals surface area contributed by atoms with Gasteiger partial charge in [-0.3, -0.25) is 4.79 Å². The summed E-state index contributed by atoms with van der Waals surface area (Å²) in [6, 6.07) is 1.12. The van der Waals surface area contributed by atoms with E-state index in [1.54, 1.807) is 17.5 Å². The van der Waals surface area contributed by atoms with Crippen molar-refractivity contribution in [2.75, 3.05) is 18.5 Å². The Balaban J connectivity index is 1.61. The van der Waals surface area contributed by atoms with Crippen LogP contribution in [-0.4, -0.2) is 41.1 Å². The van der Waals surface area contributed by atoms with E-state index < -0.39 is 24.2 Å². The number of ether oxygens (including phenoxy) is 1. The summed E-state index contributed by atoms with van der Waals surface area (Å²) in [5, 5.41) is 11.3. The van der Waals surface area contributed by atoms with Crippen LogP contribution in [0.15, 0.2) is 17.5 Å². The molecule has 28 heavy (non-hydrogen) atoms. The average molecular weight is 435 g/mol. The summed E-state index contributed by atoms with van der Waals surface area (Å²) in [4.78, 5) is 13.2. The predicted octanol–water partition coefficient (Wildman–Crippen LogP) is 4.17. The average Bonchev–Trinajstić information content (AvgIpc) is 3.40. The number of carbonyl (C=O) groups is 1. The SMILES string of the molecule is O=C(NC[C@@H]1CCCO1)c1nn2c(c1Cl)N[C@@H](c1cccs1)C[C@H]2C(F)(F)F. The molecule has 0 radical (unpaired) electrons. The number of alkyl halides is 3. The fraction of sp³-hybridized carbons (Fsp3) is 0.529. The number of hydrogen-bond acceptors (Lipinski definition) is 5. The molecule has 1 fully saturated rings. The topological polar surface area (TPSA) is 68.2 Å². The molecule has 0 aliphatic carbocycles. The number of thiophene rings is 1. The van der Waals surface area contributed by atoms with Crippen molar-refractivity contribution < 1.29 is 22.7 Å². The molecule has 152 valence electrons. The molecule has 0 bridgehead atoms. The van der Waals surface area contributed by atoms with Crippen molar-refractivity contribution >= 4 is 34.7 Å². The summed E-state index contributed by atoms with van der Waals surface area (Å²) in [7, 11) is 0. The largest absolute Gasteiger partial charge is 0.410 e. The van der Waals surface area contributed by atoms with Gasteiger partial charge in [0.15, 0.2) is 11.7 Å². The van der Waals surface area contributed by atoms with Gasteiger partial charge in [-0.25, -0.2) is 4.68 Å². The van der Waals surface area contributed by atoms with Gasteiger partial charge in [-0.2, -0.15) is 18.3 Å². The van der Waals surface area contributed by atoms with Gasteiger partial charge in [0.25, 0.3) is 5.91 Å². The maximum atomic E-state index is 13.7. The van der Waals surface area contributed by atoms with Crippen LogP contribution < -0.4 is 10.6 Å². The van der Waals surface area contributed by atoms with Crippen LogP contribution in [0.1, 0.15) is 46.7 Å². The Kier molecular flexibility index (Phi) is 5.28. The molecule has 2 aliphatic rings. The molecule has 4 rings (SSSR count). The lowest BCUT2D eigenvalue weighted by Crippen LogP contribution is -2.36. The van der Waals surface area contributed by atoms with Crippen LogP contribution in [0.25, 0.3) is 0 Å². The van der Waals surface area contributed by atoms with E-state index >= 15 is 0 Å². The summed E-state index contributed by atoms with van der Waals surface area (Å²) >= 11 is 7.63. The Morgan fingerprint density at radius 2 is 2.32 bits per heavy atom. The lowest BCUT2D eigenvalue weighted by molar-refractivity contribution is -0.173. The molecular formula is C17H18ClF3N4O2S. The lowest BCUT2D eigenvalue weighted by Gasteiger charge is -2.32. The number of nitrogens with zero attached hydrogens (tertiary/aromatic N) is 2. The zero-order valence-electron chi connectivity index (χ0n) is 14.6. The molecule has 0 aromatic carbocycles. The van der Waals surface area contributed by atoms with Crippen LogP contribution in [0.2, 0.25) is 5.02 Å². The van der Waals surface area contributed by atoms with Crippen LogP contribution in [0.3, 0.4) is 0 Å². The highest BCUT2D eigenvalue weighted by Crippen LogP contribution is 2.46. The first kappa shape index (κ1) is 19.5. The summed E-state index contributed by atoms with van der Waals surface area (Å²) in [6.45, 7) is 0.909. The second kappa shape index (κ2) is 7.57. The molecule has 1 saturated heterocycles. The fourth-order valence-electron chi connectivity index (χ4n) is 3.51. The summed E-state index contributed by atoms with van der Waals surface area (Å²) in [5.41, 5.74) is -0.219. The minimum atomic E-state index is -4.52. The van der Waals surface area contributed by atoms with Gasteiger partial charge >= 0.3 is 6.18 Å². The molecule has 1 amide bonds. The van der Waals surface area contributed by atoms with Crippen molar-refractivity contribution in [1.82, 2.24) is 15.1 Å². The van der Waals surface area contributed by atoms with Gasteiger partial charge in [0.1, 0.15) is 10.8 Å². The number of carbonyl (C=O) groups excluding carboxylic acids is 1. The van der Waals surface area contributed by atoms with E-state index in [2.05, 4.69) is 15.7 Å². The molecular weight excluding hydrogens is 417 g/mol. The van der Waals surface area contributed by atoms with E-state index in [1.165, 1.54) is 11.3 Å². The van der Waals surface area contributed by atoms with Crippen molar-refractivity contribution in [1.29, 1.82) is 0 Å². The van der Waals surface area contributed by atoms with Gasteiger partial charge < -0.3 is 15.4 Å². The second-order valence-corrected chi connectivity index (χ2v) is 8.16. The molecule has 2 aromatic heterocycles. The van der Waals surface area contributed by atoms with Crippen molar-refractivity contribution in [3.8, 4) is 0 Å². The fourth-order valence-corrected chi connectivity index (χ4v) is 4.56. The number of fused-ring (bicyclic) bond motifs is 1. The first-order chi connectivity index (χ1) is 13.3. The van der Waals surface area contributed by atoms with Crippen molar-refractivity contribution in [3.63, 3.8) is 0 Å². The monoisotopic (exact) mass is 434 g/mol. The number of nitrogens with one attached hydrogen (secondary N) is 2. The van der Waals surface area contributed by atoms with Crippen molar-refractivity contribution in [2.24, 2.45) is 0 Å². The molecule has 4 heterocycles. The molecule has 3 atom stereocenters. The maximum absolute atomic E-state index is 13.7. The predicted molar refractivity (Wildman–Crippen MR) is 98.9 cm³/mol. The van der Waals surface area contributed by atoms with E-state index in [1.807, 2.05) is 0 Å². The summed E-state index contributed by atoms with van der Waals surface area (Å²) in [5.74, 6) is -0.603. The third-order valence-corrected chi connectivity index (χ3v) is 6.26. The van der Waals surface area contributed by atoms with Crippen LogP contribution in [0, 0.1) is 0 Å². The Labute approximate surface area is 168 Å². The number of halogens is 4. The minimum Gasteiger partial charge on any atom is -0.376 e. The normalized spacial score (nSPS) is 24.6. The molecule has 2 aromatic rings. The maximum Gasteiger partial charge on any atom is 0.410 e. The summed E-state index contributed by atoms with van der Waals surface area (Å²) < 4.78 is 47.3. The molecule has 6 nitrogen and oxygen atoms in total. The highest BCUT2D eigenvalue weighted by atomic mass is 35.5. The smallest absolute Gasteiger partial charge is 0.376 e. The van der Waals surface area contributed by atoms with Crippen molar-refractivity contribution in [2.45, 2.75) is 43.6 Å². The number of amides is 1. The highest BCUT2D eigenvalue weighted by Gasteiger charge is 2.48. The Morgan fingerprint density at radius 1 is 1.50 bits per heavy atom. The van der Waals surface area contributed by atoms with Crippen LogP contribution in [-0.2, 0) is 4.74 Å². The van der Waals surface area contributed by atoms with E-state index in [-0.39, 0.29) is 35.6 Å². The number of aromatic nitrogens is 2. The second-order valence-electron chi connectivity index (χ2n) is 6.81.